The van der Waals surface area contributed by atoms with Gasteiger partial charge in [-0.2, -0.15) is 0 Å². The molecule has 3 aliphatic heterocycles. The third-order valence-corrected chi connectivity index (χ3v) is 30.5. The molecule has 1 aromatic heterocycles. The second-order valence-electron chi connectivity index (χ2n) is 38.1. The Hall–Kier alpha value is -18.9. The minimum Gasteiger partial charge on any atom is -0.456 e. The van der Waals surface area contributed by atoms with Crippen LogP contribution in [0.3, 0.4) is 0 Å². The van der Waals surface area contributed by atoms with Gasteiger partial charge in [-0.15, -0.1) is 0 Å². The van der Waals surface area contributed by atoms with Crippen molar-refractivity contribution in [2.45, 2.75) is 6.92 Å². The molecule has 0 aliphatic carbocycles. The Kier molecular flexibility index (Phi) is 18.9. The summed E-state index contributed by atoms with van der Waals surface area (Å²) in [5.74, 6) is 5.45. The SMILES string of the molecule is Cc1ccc2c3c(cccc13)-c1ccc(-c3c4ccccc4c(-c4ccc(-c5ccccc5)c5ccccc45)c4ccccc34)cc1O2.c1ccc(-c2c3ccccc3c(-c3c4ccccc4c(-c4ccc5c6c(cccc46)Oc4ccccc4-5)c4ccccc34)c3ccccc23)nc1.c1ccc2c(c1)Oc1cccc3c(-c4c5ccccc5c(-c5c6ccccc6cc6ccccc56)c5ccccc45)ccc-2c13. The van der Waals surface area contributed by atoms with Crippen LogP contribution in [0.25, 0.3) is 273 Å². The topological polar surface area (TPSA) is 40.6 Å². The molecule has 0 N–H and O–H groups in total. The predicted octanol–water partition coefficient (Wildman–Crippen LogP) is 39.6. The van der Waals surface area contributed by atoms with Crippen molar-refractivity contribution in [2.75, 3.05) is 0 Å². The summed E-state index contributed by atoms with van der Waals surface area (Å²) in [5.41, 5.74) is 27.9. The highest BCUT2D eigenvalue weighted by Gasteiger charge is 2.32. The molecule has 0 fully saturated rings. The van der Waals surface area contributed by atoms with Gasteiger partial charge in [-0.25, -0.2) is 0 Å². The molecule has 4 nitrogen and oxygen atoms in total. The van der Waals surface area contributed by atoms with Crippen molar-refractivity contribution in [3.63, 3.8) is 0 Å². The van der Waals surface area contributed by atoms with Crippen LogP contribution in [-0.2, 0) is 0 Å². The van der Waals surface area contributed by atoms with E-state index in [0.29, 0.717) is 0 Å². The first-order valence-corrected chi connectivity index (χ1v) is 49.6. The summed E-state index contributed by atoms with van der Waals surface area (Å²) in [5, 5.41) is 34.5. The third kappa shape index (κ3) is 12.8. The summed E-state index contributed by atoms with van der Waals surface area (Å²) >= 11 is 0. The fourth-order valence-electron chi connectivity index (χ4n) is 24.5. The molecule has 27 aromatic carbocycles. The molecule has 4 heteroatoms. The number of benzene rings is 27. The first-order valence-electron chi connectivity index (χ1n) is 49.6. The van der Waals surface area contributed by atoms with E-state index in [2.05, 4.69) is 480 Å². The molecule has 0 unspecified atom stereocenters. The second kappa shape index (κ2) is 33.2. The van der Waals surface area contributed by atoms with E-state index in [1.165, 1.54) is 246 Å². The van der Waals surface area contributed by atoms with Gasteiger partial charge in [-0.1, -0.05) is 431 Å². The lowest BCUT2D eigenvalue weighted by Crippen LogP contribution is -1.98. The number of aromatic nitrogens is 1. The number of ether oxygens (including phenoxy) is 3. The zero-order valence-corrected chi connectivity index (χ0v) is 78.5. The molecular formula is C140H85NO3. The average Bonchev–Trinajstić information content (AvgIpc) is 0.704. The van der Waals surface area contributed by atoms with E-state index in [4.69, 9.17) is 19.2 Å². The van der Waals surface area contributed by atoms with Crippen LogP contribution in [-0.4, -0.2) is 4.98 Å². The largest absolute Gasteiger partial charge is 0.456 e. The lowest BCUT2D eigenvalue weighted by atomic mass is 9.80. The molecule has 0 saturated heterocycles. The van der Waals surface area contributed by atoms with Gasteiger partial charge in [-0.05, 0) is 302 Å². The maximum atomic E-state index is 6.68. The summed E-state index contributed by atoms with van der Waals surface area (Å²) in [7, 11) is 0. The molecule has 668 valence electrons. The number of aryl methyl sites for hydroxylation is 1. The smallest absolute Gasteiger partial charge is 0.135 e. The summed E-state index contributed by atoms with van der Waals surface area (Å²) in [6.07, 6.45) is 1.89. The fourth-order valence-corrected chi connectivity index (χ4v) is 24.5. The molecule has 4 heterocycles. The zero-order chi connectivity index (χ0) is 94.7. The molecule has 0 amide bonds. The van der Waals surface area contributed by atoms with Gasteiger partial charge in [0.2, 0.25) is 0 Å². The van der Waals surface area contributed by atoms with Crippen molar-refractivity contribution in [3.8, 4) is 157 Å². The third-order valence-electron chi connectivity index (χ3n) is 30.5. The van der Waals surface area contributed by atoms with E-state index in [1.54, 1.807) is 0 Å². The Morgan fingerprint density at radius 2 is 0.431 bits per heavy atom. The van der Waals surface area contributed by atoms with Crippen LogP contribution in [0, 0.1) is 6.92 Å². The van der Waals surface area contributed by atoms with E-state index >= 15 is 0 Å². The van der Waals surface area contributed by atoms with Gasteiger partial charge in [-0.3, -0.25) is 4.98 Å². The van der Waals surface area contributed by atoms with E-state index in [0.717, 1.165) is 67.8 Å². The fraction of sp³-hybridized carbons (Fsp3) is 0.00714. The number of hydrogen-bond donors (Lipinski definition) is 0. The van der Waals surface area contributed by atoms with Crippen LogP contribution in [0.15, 0.2) is 498 Å². The van der Waals surface area contributed by atoms with Gasteiger partial charge in [0, 0.05) is 44.6 Å². The van der Waals surface area contributed by atoms with Crippen LogP contribution >= 0.6 is 0 Å². The molecule has 31 rings (SSSR count). The Bertz CT molecular complexity index is 10100. The van der Waals surface area contributed by atoms with E-state index < -0.39 is 0 Å². The van der Waals surface area contributed by atoms with E-state index in [-0.39, 0.29) is 0 Å². The Balaban J connectivity index is 0.000000103. The van der Waals surface area contributed by atoms with Crippen molar-refractivity contribution in [2.24, 2.45) is 0 Å². The lowest BCUT2D eigenvalue weighted by molar-refractivity contribution is 0.487. The summed E-state index contributed by atoms with van der Waals surface area (Å²) < 4.78 is 19.7. The molecule has 0 spiro atoms. The van der Waals surface area contributed by atoms with Gasteiger partial charge in [0.1, 0.15) is 34.5 Å². The minimum atomic E-state index is 0.899. The Labute approximate surface area is 831 Å². The number of fused-ring (bicyclic) bond motifs is 17. The van der Waals surface area contributed by atoms with Crippen molar-refractivity contribution in [1.82, 2.24) is 4.98 Å². The van der Waals surface area contributed by atoms with Crippen molar-refractivity contribution in [1.29, 1.82) is 0 Å². The zero-order valence-electron chi connectivity index (χ0n) is 78.5. The van der Waals surface area contributed by atoms with Crippen molar-refractivity contribution >= 4 is 151 Å². The number of para-hydroxylation sites is 2. The maximum absolute atomic E-state index is 6.68. The standard InChI is InChI=1S/C49H29NO.C47H30O.C44H26O/c1-5-19-36-31(15-1)45(41-28-27-40-30-14-9-10-25-43(30)51-44-26-13-23-35(41)47(40)44)32-16-2-6-20-37(32)48(36)49-38-21-7-3-17-33(38)46(42-24-11-12-29-50-42)34-18-4-8-22-39(34)49;1-29-22-27-43-47-32(29)20-11-21-37(47)36-24-23-31(28-44(36)48-43)45-38-16-7-9-18-40(38)46(41-19-10-8-17-39(41)45)42-26-25-33(30-12-3-2-4-13-30)34-14-5-6-15-35(34)42;1-3-14-29-27(12-1)26-28-13-2-4-15-30(28)43(29)44-35-19-7-5-17-32(35)41(33-18-6-8-20-36(33)44)38-25-24-37-31-16-9-10-22-39(31)45-40-23-11-21-34(38)42(37)40/h1-29H;2-28H,1H3;1-26H. The number of nitrogens with zero attached hydrogens (tertiary/aromatic N) is 1. The highest BCUT2D eigenvalue weighted by molar-refractivity contribution is 6.34. The summed E-state index contributed by atoms with van der Waals surface area (Å²) in [4.78, 5) is 4.85. The normalized spacial score (nSPS) is 12.1. The monoisotopic (exact) mass is 1830 g/mol. The average molecular weight is 1830 g/mol. The van der Waals surface area contributed by atoms with Gasteiger partial charge < -0.3 is 14.2 Å². The van der Waals surface area contributed by atoms with Crippen LogP contribution in [0.2, 0.25) is 0 Å². The van der Waals surface area contributed by atoms with Crippen LogP contribution in [0.4, 0.5) is 0 Å². The molecule has 3 aliphatic rings. The molecular weight excluding hydrogens is 1740 g/mol. The summed E-state index contributed by atoms with van der Waals surface area (Å²) in [6, 6.07) is 178. The predicted molar refractivity (Wildman–Crippen MR) is 607 cm³/mol. The number of hydrogen-bond acceptors (Lipinski definition) is 4. The Morgan fingerprint density at radius 1 is 0.146 bits per heavy atom. The van der Waals surface area contributed by atoms with Gasteiger partial charge in [0.15, 0.2) is 0 Å². The molecule has 0 radical (unpaired) electrons. The van der Waals surface area contributed by atoms with E-state index in [9.17, 15) is 0 Å². The molecule has 28 aromatic rings. The summed E-state index contributed by atoms with van der Waals surface area (Å²) in [6.45, 7) is 2.17. The van der Waals surface area contributed by atoms with Gasteiger partial charge >= 0.3 is 0 Å². The lowest BCUT2D eigenvalue weighted by Gasteiger charge is -2.24. The first kappa shape index (κ1) is 82.2. The number of pyridine rings is 1. The molecule has 0 bridgehead atoms. The molecule has 144 heavy (non-hydrogen) atoms. The molecule has 0 atom stereocenters. The van der Waals surface area contributed by atoms with Gasteiger partial charge in [0.25, 0.3) is 0 Å². The minimum absolute atomic E-state index is 0.899. The quantitative estimate of drug-likeness (QED) is 0.142. The van der Waals surface area contributed by atoms with Gasteiger partial charge in [0.05, 0.1) is 5.69 Å². The first-order chi connectivity index (χ1) is 71.4. The second-order valence-corrected chi connectivity index (χ2v) is 38.1. The van der Waals surface area contributed by atoms with Crippen molar-refractivity contribution < 1.29 is 14.2 Å². The van der Waals surface area contributed by atoms with E-state index in [1.807, 2.05) is 24.4 Å². The van der Waals surface area contributed by atoms with Crippen molar-refractivity contribution in [3.05, 3.63) is 503 Å². The molecule has 0 saturated carbocycles. The van der Waals surface area contributed by atoms with Crippen LogP contribution in [0.1, 0.15) is 5.56 Å². The number of rotatable bonds is 8. The highest BCUT2D eigenvalue weighted by atomic mass is 16.5. The highest BCUT2D eigenvalue weighted by Crippen LogP contribution is 2.59. The maximum Gasteiger partial charge on any atom is 0.135 e. The van der Waals surface area contributed by atoms with Crippen LogP contribution < -0.4 is 14.2 Å². The van der Waals surface area contributed by atoms with Crippen LogP contribution in [0.5, 0.6) is 34.5 Å². The Morgan fingerprint density at radius 3 is 0.882 bits per heavy atom.